The van der Waals surface area contributed by atoms with E-state index in [2.05, 4.69) is 30.1 Å². The number of aromatic nitrogens is 2. The van der Waals surface area contributed by atoms with Crippen molar-refractivity contribution in [3.63, 3.8) is 0 Å². The summed E-state index contributed by atoms with van der Waals surface area (Å²) < 4.78 is 4.99. The molecule has 4 heteroatoms. The molecule has 0 bridgehead atoms. The molecular formula is C10H12N2OS. The monoisotopic (exact) mass is 208 g/mol. The first-order valence-electron chi connectivity index (χ1n) is 4.61. The molecule has 0 unspecified atom stereocenters. The first-order valence-corrected chi connectivity index (χ1v) is 5.43. The van der Waals surface area contributed by atoms with E-state index in [-0.39, 0.29) is 0 Å². The third-order valence-corrected chi connectivity index (χ3v) is 2.94. The van der Waals surface area contributed by atoms with E-state index in [0.717, 1.165) is 11.3 Å². The molecular weight excluding hydrogens is 196 g/mol. The number of rotatable bonds is 3. The lowest BCUT2D eigenvalue weighted by molar-refractivity contribution is 0.431. The number of hydrogen-bond donors (Lipinski definition) is 0. The molecule has 0 spiro atoms. The van der Waals surface area contributed by atoms with Crippen LogP contribution in [0.2, 0.25) is 0 Å². The number of thiophene rings is 1. The van der Waals surface area contributed by atoms with E-state index in [1.165, 1.54) is 11.2 Å². The van der Waals surface area contributed by atoms with Crippen molar-refractivity contribution in [2.45, 2.75) is 20.3 Å². The molecule has 2 rings (SSSR count). The summed E-state index contributed by atoms with van der Waals surface area (Å²) in [5, 5.41) is 3.59. The molecule has 2 heterocycles. The minimum absolute atomic E-state index is 0.616. The Hall–Kier alpha value is -1.16. The summed E-state index contributed by atoms with van der Waals surface area (Å²) in [5.41, 5.74) is 0. The summed E-state index contributed by atoms with van der Waals surface area (Å²) in [4.78, 5) is 6.43. The summed E-state index contributed by atoms with van der Waals surface area (Å²) >= 11 is 1.72. The summed E-state index contributed by atoms with van der Waals surface area (Å²) in [5.74, 6) is 1.30. The van der Waals surface area contributed by atoms with Gasteiger partial charge in [-0.05, 0) is 24.5 Å². The molecule has 2 aromatic heterocycles. The molecule has 0 N–H and O–H groups in total. The number of nitrogens with zero attached hydrogens (tertiary/aromatic N) is 2. The fraction of sp³-hybridized carbons (Fsp3) is 0.400. The fourth-order valence-corrected chi connectivity index (χ4v) is 2.44. The highest BCUT2D eigenvalue weighted by Crippen LogP contribution is 2.27. The van der Waals surface area contributed by atoms with E-state index in [0.29, 0.717) is 11.8 Å². The van der Waals surface area contributed by atoms with Gasteiger partial charge in [0, 0.05) is 4.88 Å². The van der Waals surface area contributed by atoms with E-state index < -0.39 is 0 Å². The van der Waals surface area contributed by atoms with Crippen LogP contribution in [0.5, 0.6) is 0 Å². The zero-order valence-electron chi connectivity index (χ0n) is 8.23. The second-order valence-corrected chi connectivity index (χ2v) is 4.78. The van der Waals surface area contributed by atoms with Crippen LogP contribution in [0.1, 0.15) is 18.7 Å². The molecule has 2 aromatic rings. The van der Waals surface area contributed by atoms with Crippen LogP contribution in [-0.4, -0.2) is 10.1 Å². The quantitative estimate of drug-likeness (QED) is 0.778. The Balaban J connectivity index is 2.18. The average Bonchev–Trinajstić information content (AvgIpc) is 2.69. The second kappa shape index (κ2) is 3.92. The fourth-order valence-electron chi connectivity index (χ4n) is 1.29. The first kappa shape index (κ1) is 9.40. The predicted octanol–water partition coefficient (Wildman–Crippen LogP) is 3.00. The van der Waals surface area contributed by atoms with Gasteiger partial charge in [0.2, 0.25) is 0 Å². The van der Waals surface area contributed by atoms with Gasteiger partial charge >= 0.3 is 0 Å². The smallest absolute Gasteiger partial charge is 0.267 e. The van der Waals surface area contributed by atoms with Crippen molar-refractivity contribution in [3.8, 4) is 10.8 Å². The maximum absolute atomic E-state index is 4.99. The zero-order valence-corrected chi connectivity index (χ0v) is 9.04. The van der Waals surface area contributed by atoms with Gasteiger partial charge in [-0.15, -0.1) is 11.3 Å². The van der Waals surface area contributed by atoms with Gasteiger partial charge in [0.15, 0.2) is 6.33 Å². The van der Waals surface area contributed by atoms with E-state index in [1.807, 2.05) is 6.07 Å². The second-order valence-electron chi connectivity index (χ2n) is 3.61. The number of hydrogen-bond acceptors (Lipinski definition) is 4. The maximum atomic E-state index is 4.99. The molecule has 74 valence electrons. The Morgan fingerprint density at radius 3 is 2.93 bits per heavy atom. The Morgan fingerprint density at radius 2 is 2.29 bits per heavy atom. The van der Waals surface area contributed by atoms with Gasteiger partial charge in [0.25, 0.3) is 5.89 Å². The molecule has 0 saturated heterocycles. The van der Waals surface area contributed by atoms with Gasteiger partial charge in [-0.3, -0.25) is 0 Å². The Labute approximate surface area is 86.8 Å². The SMILES string of the molecule is CC(C)Cc1ccc(-c2ncno2)s1. The zero-order chi connectivity index (χ0) is 9.97. The van der Waals surface area contributed by atoms with Crippen LogP contribution >= 0.6 is 11.3 Å². The van der Waals surface area contributed by atoms with E-state index >= 15 is 0 Å². The van der Waals surface area contributed by atoms with Crippen LogP contribution in [0, 0.1) is 5.92 Å². The van der Waals surface area contributed by atoms with Gasteiger partial charge in [0.05, 0.1) is 4.88 Å². The molecule has 0 aliphatic carbocycles. The maximum Gasteiger partial charge on any atom is 0.267 e. The van der Waals surface area contributed by atoms with Crippen LogP contribution in [0.3, 0.4) is 0 Å². The predicted molar refractivity (Wildman–Crippen MR) is 56.2 cm³/mol. The first-order chi connectivity index (χ1) is 6.75. The third-order valence-electron chi connectivity index (χ3n) is 1.84. The largest absolute Gasteiger partial charge is 0.333 e. The van der Waals surface area contributed by atoms with Crippen molar-refractivity contribution in [1.82, 2.24) is 10.1 Å². The summed E-state index contributed by atoms with van der Waals surface area (Å²) in [7, 11) is 0. The van der Waals surface area contributed by atoms with Crippen LogP contribution < -0.4 is 0 Å². The lowest BCUT2D eigenvalue weighted by Crippen LogP contribution is -1.89. The lowest BCUT2D eigenvalue weighted by atomic mass is 10.1. The minimum Gasteiger partial charge on any atom is -0.333 e. The van der Waals surface area contributed by atoms with Crippen molar-refractivity contribution < 1.29 is 4.52 Å². The molecule has 0 fully saturated rings. The molecule has 3 nitrogen and oxygen atoms in total. The van der Waals surface area contributed by atoms with Crippen LogP contribution in [0.25, 0.3) is 10.8 Å². The highest BCUT2D eigenvalue weighted by molar-refractivity contribution is 7.15. The normalized spacial score (nSPS) is 11.1. The average molecular weight is 208 g/mol. The standard InChI is InChI=1S/C10H12N2OS/c1-7(2)5-8-3-4-9(14-8)10-11-6-12-13-10/h3-4,6-7H,5H2,1-2H3. The summed E-state index contributed by atoms with van der Waals surface area (Å²) in [6, 6.07) is 4.17. The Morgan fingerprint density at radius 1 is 1.43 bits per heavy atom. The Kier molecular flexibility index (Phi) is 2.63. The van der Waals surface area contributed by atoms with Crippen molar-refractivity contribution in [2.75, 3.05) is 0 Å². The molecule has 0 aromatic carbocycles. The van der Waals surface area contributed by atoms with E-state index in [1.54, 1.807) is 11.3 Å². The molecule has 0 aliphatic rings. The highest BCUT2D eigenvalue weighted by Gasteiger charge is 2.08. The molecule has 14 heavy (non-hydrogen) atoms. The molecule has 0 radical (unpaired) electrons. The van der Waals surface area contributed by atoms with Crippen molar-refractivity contribution in [2.24, 2.45) is 5.92 Å². The Bertz CT molecular complexity index is 392. The van der Waals surface area contributed by atoms with Crippen molar-refractivity contribution >= 4 is 11.3 Å². The van der Waals surface area contributed by atoms with Gasteiger partial charge in [0.1, 0.15) is 0 Å². The van der Waals surface area contributed by atoms with Gasteiger partial charge in [-0.1, -0.05) is 19.0 Å². The van der Waals surface area contributed by atoms with E-state index in [9.17, 15) is 0 Å². The summed E-state index contributed by atoms with van der Waals surface area (Å²) in [6.07, 6.45) is 2.54. The van der Waals surface area contributed by atoms with Crippen LogP contribution in [0.15, 0.2) is 23.0 Å². The topological polar surface area (TPSA) is 38.9 Å². The minimum atomic E-state index is 0.616. The molecule has 0 saturated carbocycles. The van der Waals surface area contributed by atoms with E-state index in [4.69, 9.17) is 4.52 Å². The molecule has 0 aliphatic heterocycles. The van der Waals surface area contributed by atoms with Gasteiger partial charge in [-0.2, -0.15) is 4.98 Å². The van der Waals surface area contributed by atoms with Crippen molar-refractivity contribution in [3.05, 3.63) is 23.3 Å². The van der Waals surface area contributed by atoms with Gasteiger partial charge < -0.3 is 4.52 Å². The summed E-state index contributed by atoms with van der Waals surface area (Å²) in [6.45, 7) is 4.43. The van der Waals surface area contributed by atoms with Crippen LogP contribution in [-0.2, 0) is 6.42 Å². The molecule has 0 amide bonds. The lowest BCUT2D eigenvalue weighted by Gasteiger charge is -1.99. The highest BCUT2D eigenvalue weighted by atomic mass is 32.1. The van der Waals surface area contributed by atoms with Gasteiger partial charge in [-0.25, -0.2) is 0 Å². The molecule has 0 atom stereocenters. The van der Waals surface area contributed by atoms with Crippen LogP contribution in [0.4, 0.5) is 0 Å². The van der Waals surface area contributed by atoms with Crippen molar-refractivity contribution in [1.29, 1.82) is 0 Å². The third kappa shape index (κ3) is 2.01.